The van der Waals surface area contributed by atoms with Gasteiger partial charge in [-0.15, -0.1) is 11.8 Å². The Morgan fingerprint density at radius 1 is 1.04 bits per heavy atom. The van der Waals surface area contributed by atoms with E-state index in [1.165, 1.54) is 11.8 Å². The largest absolute Gasteiger partial charge is 0.439 e. The smallest absolute Gasteiger partial charge is 0.411 e. The molecule has 138 valence electrons. The van der Waals surface area contributed by atoms with Gasteiger partial charge in [-0.2, -0.15) is 0 Å². The van der Waals surface area contributed by atoms with Gasteiger partial charge in [0.15, 0.2) is 0 Å². The molecule has 0 aliphatic carbocycles. The third kappa shape index (κ3) is 3.60. The normalized spacial score (nSPS) is 22.3. The highest BCUT2D eigenvalue weighted by atomic mass is 32.2. The van der Waals surface area contributed by atoms with Crippen molar-refractivity contribution >= 4 is 17.9 Å². The summed E-state index contributed by atoms with van der Waals surface area (Å²) < 4.78 is 5.77. The highest BCUT2D eigenvalue weighted by Gasteiger charge is 2.48. The molecule has 0 saturated carbocycles. The predicted octanol–water partition coefficient (Wildman–Crippen LogP) is 4.63. The zero-order valence-corrected chi connectivity index (χ0v) is 16.1. The van der Waals surface area contributed by atoms with Crippen LogP contribution in [0.5, 0.6) is 0 Å². The highest BCUT2D eigenvalue weighted by molar-refractivity contribution is 7.99. The lowest BCUT2D eigenvalue weighted by atomic mass is 9.92. The van der Waals surface area contributed by atoms with E-state index in [2.05, 4.69) is 13.8 Å². The zero-order chi connectivity index (χ0) is 18.7. The third-order valence-electron chi connectivity index (χ3n) is 4.81. The van der Waals surface area contributed by atoms with Crippen molar-refractivity contribution in [2.75, 3.05) is 6.26 Å². The molecule has 1 unspecified atom stereocenters. The zero-order valence-electron chi connectivity index (χ0n) is 15.3. The molecule has 1 aliphatic rings. The summed E-state index contributed by atoms with van der Waals surface area (Å²) in [7, 11) is 0. The van der Waals surface area contributed by atoms with Crippen molar-refractivity contribution in [3.05, 3.63) is 71.8 Å². The van der Waals surface area contributed by atoms with Crippen molar-refractivity contribution in [1.82, 2.24) is 4.90 Å². The molecule has 3 rings (SSSR count). The van der Waals surface area contributed by atoms with Gasteiger partial charge in [0.1, 0.15) is 17.6 Å². The maximum Gasteiger partial charge on any atom is 0.411 e. The Morgan fingerprint density at radius 3 is 2.15 bits per heavy atom. The molecule has 0 bridgehead atoms. The van der Waals surface area contributed by atoms with Crippen LogP contribution in [-0.4, -0.2) is 33.8 Å². The van der Waals surface area contributed by atoms with E-state index in [9.17, 15) is 9.90 Å². The Bertz CT molecular complexity index is 723. The summed E-state index contributed by atoms with van der Waals surface area (Å²) in [5.74, 6) is 0.185. The van der Waals surface area contributed by atoms with Crippen LogP contribution < -0.4 is 0 Å². The Hall–Kier alpha value is -1.98. The molecule has 2 aromatic rings. The second-order valence-electron chi connectivity index (χ2n) is 6.84. The summed E-state index contributed by atoms with van der Waals surface area (Å²) in [5.41, 5.74) is 1.78. The van der Waals surface area contributed by atoms with Crippen molar-refractivity contribution in [3.8, 4) is 0 Å². The summed E-state index contributed by atoms with van der Waals surface area (Å²) >= 11 is 1.47. The van der Waals surface area contributed by atoms with Gasteiger partial charge in [0.05, 0.1) is 6.04 Å². The lowest BCUT2D eigenvalue weighted by Crippen LogP contribution is -2.46. The van der Waals surface area contributed by atoms with Crippen LogP contribution in [0.25, 0.3) is 0 Å². The number of cyclic esters (lactones) is 1. The summed E-state index contributed by atoms with van der Waals surface area (Å²) in [6, 6.07) is 19.2. The Balaban J connectivity index is 1.94. The topological polar surface area (TPSA) is 49.8 Å². The fourth-order valence-corrected chi connectivity index (χ4v) is 4.44. The fraction of sp³-hybridized carbons (Fsp3) is 0.381. The second kappa shape index (κ2) is 8.14. The van der Waals surface area contributed by atoms with Crippen LogP contribution in [-0.2, 0) is 4.74 Å². The number of thioether (sulfide) groups is 1. The number of amides is 1. The van der Waals surface area contributed by atoms with Crippen LogP contribution in [0.15, 0.2) is 60.7 Å². The predicted molar refractivity (Wildman–Crippen MR) is 105 cm³/mol. The molecule has 1 amide bonds. The van der Waals surface area contributed by atoms with Crippen molar-refractivity contribution in [2.45, 2.75) is 37.5 Å². The van der Waals surface area contributed by atoms with E-state index in [1.54, 1.807) is 4.90 Å². The summed E-state index contributed by atoms with van der Waals surface area (Å²) in [6.45, 7) is 4.17. The van der Waals surface area contributed by atoms with Gasteiger partial charge in [-0.05, 0) is 23.3 Å². The molecular formula is C21H25NO3S. The standard InChI is InChI=1S/C21H25NO3S/c1-14(2)17-19(16-12-8-5-9-13-16)25-21(24)22(17)20(26-3)18(23)15-10-6-4-7-11-15/h4-14,17-20,23H,1-3H3/t17-,18-,19?,20-/m0/s1. The number of benzene rings is 2. The first-order valence-electron chi connectivity index (χ1n) is 8.84. The minimum atomic E-state index is -0.783. The highest BCUT2D eigenvalue weighted by Crippen LogP contribution is 2.42. The molecule has 5 heteroatoms. The lowest BCUT2D eigenvalue weighted by Gasteiger charge is -2.35. The van der Waals surface area contributed by atoms with E-state index < -0.39 is 11.5 Å². The molecule has 1 saturated heterocycles. The summed E-state index contributed by atoms with van der Waals surface area (Å²) in [5, 5.41) is 10.5. The Morgan fingerprint density at radius 2 is 1.62 bits per heavy atom. The van der Waals surface area contributed by atoms with Gasteiger partial charge in [0, 0.05) is 0 Å². The van der Waals surface area contributed by atoms with E-state index in [-0.39, 0.29) is 24.2 Å². The monoisotopic (exact) mass is 371 g/mol. The number of hydrogen-bond donors (Lipinski definition) is 1. The Kier molecular flexibility index (Phi) is 5.89. The van der Waals surface area contributed by atoms with Gasteiger partial charge in [-0.3, -0.25) is 4.90 Å². The number of hydrogen-bond acceptors (Lipinski definition) is 4. The van der Waals surface area contributed by atoms with Crippen molar-refractivity contribution in [1.29, 1.82) is 0 Å². The number of aliphatic hydroxyl groups excluding tert-OH is 1. The van der Waals surface area contributed by atoms with Gasteiger partial charge >= 0.3 is 6.09 Å². The van der Waals surface area contributed by atoms with Crippen molar-refractivity contribution < 1.29 is 14.6 Å². The fourth-order valence-electron chi connectivity index (χ4n) is 3.57. The SMILES string of the molecule is CS[C@@H]([C@@H](O)c1ccccc1)N1C(=O)OC(c2ccccc2)[C@@H]1C(C)C. The van der Waals surface area contributed by atoms with Crippen LogP contribution in [0.2, 0.25) is 0 Å². The first-order valence-corrected chi connectivity index (χ1v) is 10.1. The lowest BCUT2D eigenvalue weighted by molar-refractivity contribution is 0.0867. The number of carbonyl (C=O) groups excluding carboxylic acids is 1. The first kappa shape index (κ1) is 18.8. The first-order chi connectivity index (χ1) is 12.5. The molecule has 0 aromatic heterocycles. The number of aliphatic hydroxyl groups is 1. The average Bonchev–Trinajstić information content (AvgIpc) is 3.01. The molecule has 0 radical (unpaired) electrons. The molecular weight excluding hydrogens is 346 g/mol. The molecule has 26 heavy (non-hydrogen) atoms. The van der Waals surface area contributed by atoms with Crippen molar-refractivity contribution in [2.24, 2.45) is 5.92 Å². The maximum absolute atomic E-state index is 12.8. The molecule has 4 nitrogen and oxygen atoms in total. The molecule has 1 aliphatic heterocycles. The van der Waals surface area contributed by atoms with Gasteiger partial charge < -0.3 is 9.84 Å². The number of carbonyl (C=O) groups is 1. The van der Waals surface area contributed by atoms with Gasteiger partial charge in [0.25, 0.3) is 0 Å². The van der Waals surface area contributed by atoms with E-state index in [1.807, 2.05) is 66.9 Å². The van der Waals surface area contributed by atoms with Crippen LogP contribution in [0, 0.1) is 5.92 Å². The van der Waals surface area contributed by atoms with Gasteiger partial charge in [0.2, 0.25) is 0 Å². The van der Waals surface area contributed by atoms with E-state index in [0.29, 0.717) is 0 Å². The van der Waals surface area contributed by atoms with Gasteiger partial charge in [-0.25, -0.2) is 4.79 Å². The summed E-state index contributed by atoms with van der Waals surface area (Å²) in [6.07, 6.45) is 0.430. The van der Waals surface area contributed by atoms with E-state index in [4.69, 9.17) is 4.74 Å². The minimum Gasteiger partial charge on any atom is -0.439 e. The molecule has 1 heterocycles. The number of nitrogens with zero attached hydrogens (tertiary/aromatic N) is 1. The van der Waals surface area contributed by atoms with E-state index >= 15 is 0 Å². The molecule has 4 atom stereocenters. The molecule has 1 N–H and O–H groups in total. The summed E-state index contributed by atoms with van der Waals surface area (Å²) in [4.78, 5) is 14.5. The maximum atomic E-state index is 12.8. The second-order valence-corrected chi connectivity index (χ2v) is 7.79. The van der Waals surface area contributed by atoms with Crippen molar-refractivity contribution in [3.63, 3.8) is 0 Å². The van der Waals surface area contributed by atoms with E-state index in [0.717, 1.165) is 11.1 Å². The Labute approximate surface area is 159 Å². The van der Waals surface area contributed by atoms with Crippen LogP contribution in [0.3, 0.4) is 0 Å². The third-order valence-corrected chi connectivity index (χ3v) is 5.78. The van der Waals surface area contributed by atoms with Gasteiger partial charge in [-0.1, -0.05) is 74.5 Å². The minimum absolute atomic E-state index is 0.138. The quantitative estimate of drug-likeness (QED) is 0.804. The van der Waals surface area contributed by atoms with Crippen LogP contribution in [0.4, 0.5) is 4.79 Å². The number of ether oxygens (including phenoxy) is 1. The average molecular weight is 372 g/mol. The van der Waals surface area contributed by atoms with Crippen LogP contribution in [0.1, 0.15) is 37.2 Å². The molecule has 2 aromatic carbocycles. The van der Waals surface area contributed by atoms with Crippen LogP contribution >= 0.6 is 11.8 Å². The number of rotatable bonds is 6. The molecule has 0 spiro atoms. The molecule has 1 fully saturated rings.